The topological polar surface area (TPSA) is 65.1 Å². The molecular formula is C15H20N4. The maximum Gasteiger partial charge on any atom is 0.0992 e. The molecule has 0 unspecified atom stereocenters. The van der Waals surface area contributed by atoms with Gasteiger partial charge in [0.2, 0.25) is 0 Å². The number of benzene rings is 1. The molecule has 1 aromatic rings. The van der Waals surface area contributed by atoms with Crippen LogP contribution in [0, 0.1) is 11.3 Å². The molecule has 1 aromatic carbocycles. The average molecular weight is 256 g/mol. The van der Waals surface area contributed by atoms with Crippen molar-refractivity contribution >= 4 is 11.4 Å². The molecule has 1 saturated carbocycles. The summed E-state index contributed by atoms with van der Waals surface area (Å²) in [5.41, 5.74) is 9.07. The first-order chi connectivity index (χ1) is 9.28. The Morgan fingerprint density at radius 1 is 1.26 bits per heavy atom. The minimum atomic E-state index is 0.379. The maximum absolute atomic E-state index is 9.07. The fraction of sp³-hybridized carbons (Fsp3) is 0.533. The molecule has 1 fully saturated rings. The van der Waals surface area contributed by atoms with Crippen molar-refractivity contribution in [2.75, 3.05) is 23.3 Å². The van der Waals surface area contributed by atoms with Crippen LogP contribution in [0.3, 0.4) is 0 Å². The van der Waals surface area contributed by atoms with Crippen LogP contribution in [0.15, 0.2) is 18.2 Å². The Morgan fingerprint density at radius 2 is 2.05 bits per heavy atom. The summed E-state index contributed by atoms with van der Waals surface area (Å²) in [7, 11) is 0. The van der Waals surface area contributed by atoms with E-state index in [1.165, 1.54) is 5.69 Å². The molecule has 100 valence electrons. The van der Waals surface area contributed by atoms with Crippen LogP contribution in [0.4, 0.5) is 11.4 Å². The van der Waals surface area contributed by atoms with Gasteiger partial charge in [-0.15, -0.1) is 0 Å². The Kier molecular flexibility index (Phi) is 3.31. The summed E-state index contributed by atoms with van der Waals surface area (Å²) >= 11 is 0. The third-order valence-corrected chi connectivity index (χ3v) is 4.29. The molecule has 1 heterocycles. The Hall–Kier alpha value is -1.73. The SMILES string of the molecule is N#Cc1ccc2c(c1)N(C1CCC(N)CC1)CCN2. The molecule has 2 aliphatic rings. The lowest BCUT2D eigenvalue weighted by molar-refractivity contribution is 0.376. The lowest BCUT2D eigenvalue weighted by Crippen LogP contribution is -2.45. The predicted molar refractivity (Wildman–Crippen MR) is 77.2 cm³/mol. The number of nitrogens with one attached hydrogen (secondary N) is 1. The van der Waals surface area contributed by atoms with E-state index in [1.54, 1.807) is 0 Å². The summed E-state index contributed by atoms with van der Waals surface area (Å²) < 4.78 is 0. The zero-order chi connectivity index (χ0) is 13.2. The van der Waals surface area contributed by atoms with Crippen LogP contribution in [0.2, 0.25) is 0 Å². The molecular weight excluding hydrogens is 236 g/mol. The molecule has 0 aromatic heterocycles. The summed E-state index contributed by atoms with van der Waals surface area (Å²) in [5.74, 6) is 0. The molecule has 0 atom stereocenters. The molecule has 1 aliphatic heterocycles. The van der Waals surface area contributed by atoms with Gasteiger partial charge in [0.15, 0.2) is 0 Å². The van der Waals surface area contributed by atoms with E-state index in [1.807, 2.05) is 18.2 Å². The number of hydrogen-bond donors (Lipinski definition) is 2. The van der Waals surface area contributed by atoms with Crippen molar-refractivity contribution in [2.24, 2.45) is 5.73 Å². The minimum Gasteiger partial charge on any atom is -0.382 e. The zero-order valence-corrected chi connectivity index (χ0v) is 11.1. The molecule has 0 radical (unpaired) electrons. The Balaban J connectivity index is 1.87. The van der Waals surface area contributed by atoms with Gasteiger partial charge >= 0.3 is 0 Å². The Morgan fingerprint density at radius 3 is 2.79 bits per heavy atom. The highest BCUT2D eigenvalue weighted by molar-refractivity contribution is 5.74. The summed E-state index contributed by atoms with van der Waals surface area (Å²) in [5, 5.41) is 12.5. The van der Waals surface area contributed by atoms with E-state index in [0.717, 1.165) is 50.0 Å². The quantitative estimate of drug-likeness (QED) is 0.807. The molecule has 4 nitrogen and oxygen atoms in total. The van der Waals surface area contributed by atoms with Gasteiger partial charge in [-0.2, -0.15) is 5.26 Å². The van der Waals surface area contributed by atoms with Gasteiger partial charge in [0.25, 0.3) is 0 Å². The zero-order valence-electron chi connectivity index (χ0n) is 11.1. The van der Waals surface area contributed by atoms with Crippen LogP contribution >= 0.6 is 0 Å². The van der Waals surface area contributed by atoms with Crippen molar-refractivity contribution in [1.29, 1.82) is 5.26 Å². The van der Waals surface area contributed by atoms with Gasteiger partial charge in [0, 0.05) is 25.2 Å². The Bertz CT molecular complexity index is 497. The van der Waals surface area contributed by atoms with E-state index in [-0.39, 0.29) is 0 Å². The van der Waals surface area contributed by atoms with E-state index >= 15 is 0 Å². The van der Waals surface area contributed by atoms with E-state index in [0.29, 0.717) is 12.1 Å². The van der Waals surface area contributed by atoms with Gasteiger partial charge < -0.3 is 16.0 Å². The van der Waals surface area contributed by atoms with Crippen molar-refractivity contribution in [2.45, 2.75) is 37.8 Å². The number of rotatable bonds is 1. The summed E-state index contributed by atoms with van der Waals surface area (Å²) in [6.07, 6.45) is 4.55. The first-order valence-corrected chi connectivity index (χ1v) is 7.08. The molecule has 1 aliphatic carbocycles. The van der Waals surface area contributed by atoms with Crippen molar-refractivity contribution in [1.82, 2.24) is 0 Å². The average Bonchev–Trinajstić information content (AvgIpc) is 2.47. The molecule has 0 spiro atoms. The Labute approximate surface area is 114 Å². The van der Waals surface area contributed by atoms with Crippen LogP contribution in [0.5, 0.6) is 0 Å². The van der Waals surface area contributed by atoms with Crippen LogP contribution in [-0.4, -0.2) is 25.2 Å². The van der Waals surface area contributed by atoms with Crippen molar-refractivity contribution in [3.05, 3.63) is 23.8 Å². The van der Waals surface area contributed by atoms with Crippen molar-refractivity contribution in [3.8, 4) is 6.07 Å². The number of fused-ring (bicyclic) bond motifs is 1. The highest BCUT2D eigenvalue weighted by atomic mass is 15.2. The highest BCUT2D eigenvalue weighted by Crippen LogP contribution is 2.34. The molecule has 19 heavy (non-hydrogen) atoms. The monoisotopic (exact) mass is 256 g/mol. The van der Waals surface area contributed by atoms with Gasteiger partial charge in [-0.05, 0) is 43.9 Å². The minimum absolute atomic E-state index is 0.379. The van der Waals surface area contributed by atoms with E-state index in [4.69, 9.17) is 11.0 Å². The molecule has 0 bridgehead atoms. The fourth-order valence-electron chi connectivity index (χ4n) is 3.21. The second-order valence-corrected chi connectivity index (χ2v) is 5.53. The molecule has 3 N–H and O–H groups in total. The summed E-state index contributed by atoms with van der Waals surface area (Å²) in [6.45, 7) is 1.99. The number of anilines is 2. The third kappa shape index (κ3) is 2.39. The second kappa shape index (κ2) is 5.10. The largest absolute Gasteiger partial charge is 0.382 e. The van der Waals surface area contributed by atoms with E-state index in [2.05, 4.69) is 16.3 Å². The maximum atomic E-state index is 9.07. The lowest BCUT2D eigenvalue weighted by atomic mass is 9.90. The standard InChI is InChI=1S/C15H20N4/c16-10-11-1-6-14-15(9-11)19(8-7-18-14)13-4-2-12(17)3-5-13/h1,6,9,12-13,18H,2-5,7-8,17H2. The van der Waals surface area contributed by atoms with Gasteiger partial charge in [-0.25, -0.2) is 0 Å². The highest BCUT2D eigenvalue weighted by Gasteiger charge is 2.27. The molecule has 4 heteroatoms. The molecule has 0 saturated heterocycles. The lowest BCUT2D eigenvalue weighted by Gasteiger charge is -2.41. The third-order valence-electron chi connectivity index (χ3n) is 4.29. The van der Waals surface area contributed by atoms with Crippen LogP contribution in [-0.2, 0) is 0 Å². The van der Waals surface area contributed by atoms with E-state index in [9.17, 15) is 0 Å². The molecule has 3 rings (SSSR count). The van der Waals surface area contributed by atoms with Gasteiger partial charge in [0.05, 0.1) is 23.0 Å². The normalized spacial score (nSPS) is 26.2. The van der Waals surface area contributed by atoms with Gasteiger partial charge in [-0.1, -0.05) is 0 Å². The van der Waals surface area contributed by atoms with Gasteiger partial charge in [0.1, 0.15) is 0 Å². The summed E-state index contributed by atoms with van der Waals surface area (Å²) in [6, 6.07) is 9.10. The fourth-order valence-corrected chi connectivity index (χ4v) is 3.21. The van der Waals surface area contributed by atoms with Crippen LogP contribution < -0.4 is 16.0 Å². The van der Waals surface area contributed by atoms with Crippen molar-refractivity contribution < 1.29 is 0 Å². The van der Waals surface area contributed by atoms with Crippen molar-refractivity contribution in [3.63, 3.8) is 0 Å². The number of hydrogen-bond acceptors (Lipinski definition) is 4. The van der Waals surface area contributed by atoms with E-state index < -0.39 is 0 Å². The first-order valence-electron chi connectivity index (χ1n) is 7.08. The number of nitrogens with two attached hydrogens (primary N) is 1. The van der Waals surface area contributed by atoms with Crippen LogP contribution in [0.25, 0.3) is 0 Å². The molecule has 0 amide bonds. The predicted octanol–water partition coefficient (Wildman–Crippen LogP) is 2.06. The number of nitrogens with zero attached hydrogens (tertiary/aromatic N) is 2. The second-order valence-electron chi connectivity index (χ2n) is 5.53. The number of nitriles is 1. The van der Waals surface area contributed by atoms with Gasteiger partial charge in [-0.3, -0.25) is 0 Å². The van der Waals surface area contributed by atoms with Crippen LogP contribution in [0.1, 0.15) is 31.2 Å². The summed E-state index contributed by atoms with van der Waals surface area (Å²) in [4.78, 5) is 2.47. The first kappa shape index (κ1) is 12.3. The smallest absolute Gasteiger partial charge is 0.0992 e.